The van der Waals surface area contributed by atoms with Gasteiger partial charge in [0, 0.05) is 24.6 Å². The third-order valence-electron chi connectivity index (χ3n) is 5.74. The predicted octanol–water partition coefficient (Wildman–Crippen LogP) is 1.76. The number of halogens is 1. The number of ether oxygens (including phenoxy) is 1. The number of allylic oxidation sites excluding steroid dienone is 1. The van der Waals surface area contributed by atoms with Crippen molar-refractivity contribution in [2.24, 2.45) is 0 Å². The summed E-state index contributed by atoms with van der Waals surface area (Å²) in [4.78, 5) is 51.7. The summed E-state index contributed by atoms with van der Waals surface area (Å²) >= 11 is 0. The predicted molar refractivity (Wildman–Crippen MR) is 114 cm³/mol. The van der Waals surface area contributed by atoms with Gasteiger partial charge in [-0.2, -0.15) is 0 Å². The summed E-state index contributed by atoms with van der Waals surface area (Å²) < 4.78 is 19.0. The number of carbonyl (C=O) groups excluding carboxylic acids is 4. The van der Waals surface area contributed by atoms with E-state index in [2.05, 4.69) is 10.6 Å². The summed E-state index contributed by atoms with van der Waals surface area (Å²) in [6, 6.07) is 5.09. The van der Waals surface area contributed by atoms with Crippen molar-refractivity contribution in [3.05, 3.63) is 46.9 Å². The van der Waals surface area contributed by atoms with Crippen molar-refractivity contribution < 1.29 is 28.3 Å². The number of amides is 3. The number of benzene rings is 1. The second-order valence-electron chi connectivity index (χ2n) is 7.92. The Morgan fingerprint density at radius 3 is 2.78 bits per heavy atom. The molecule has 0 aliphatic carbocycles. The Hall–Kier alpha value is -3.23. The molecular formula is C23H28FN3O5. The third kappa shape index (κ3) is 5.33. The van der Waals surface area contributed by atoms with E-state index in [-0.39, 0.29) is 42.7 Å². The van der Waals surface area contributed by atoms with Gasteiger partial charge in [0.15, 0.2) is 0 Å². The average molecular weight is 445 g/mol. The van der Waals surface area contributed by atoms with Gasteiger partial charge in [-0.15, -0.1) is 0 Å². The Kier molecular flexibility index (Phi) is 7.61. The summed E-state index contributed by atoms with van der Waals surface area (Å²) in [6.45, 7) is 3.62. The van der Waals surface area contributed by atoms with E-state index in [1.54, 1.807) is 19.9 Å². The zero-order valence-electron chi connectivity index (χ0n) is 18.3. The van der Waals surface area contributed by atoms with Gasteiger partial charge in [0.25, 0.3) is 0 Å². The molecule has 2 unspecified atom stereocenters. The van der Waals surface area contributed by atoms with Crippen LogP contribution in [0.5, 0.6) is 0 Å². The van der Waals surface area contributed by atoms with Crippen molar-refractivity contribution in [2.75, 3.05) is 19.7 Å². The van der Waals surface area contributed by atoms with E-state index >= 15 is 0 Å². The van der Waals surface area contributed by atoms with Gasteiger partial charge >= 0.3 is 5.97 Å². The zero-order valence-corrected chi connectivity index (χ0v) is 18.3. The molecule has 9 heteroatoms. The molecule has 2 aliphatic heterocycles. The maximum Gasteiger partial charge on any atom is 0.336 e. The molecule has 2 heterocycles. The molecule has 2 aliphatic rings. The smallest absolute Gasteiger partial charge is 0.336 e. The van der Waals surface area contributed by atoms with Crippen molar-refractivity contribution in [1.82, 2.24) is 15.5 Å². The summed E-state index contributed by atoms with van der Waals surface area (Å²) in [5.74, 6) is -2.87. The Balaban J connectivity index is 1.85. The van der Waals surface area contributed by atoms with Crippen LogP contribution in [0.25, 0.3) is 0 Å². The van der Waals surface area contributed by atoms with Gasteiger partial charge in [0.05, 0.1) is 12.2 Å². The first-order valence-corrected chi connectivity index (χ1v) is 10.8. The highest BCUT2D eigenvalue weighted by molar-refractivity contribution is 5.97. The molecule has 1 aromatic rings. The van der Waals surface area contributed by atoms with Gasteiger partial charge in [0.1, 0.15) is 18.4 Å². The molecule has 2 atom stereocenters. The highest BCUT2D eigenvalue weighted by Crippen LogP contribution is 2.37. The largest absolute Gasteiger partial charge is 0.463 e. The molecule has 3 rings (SSSR count). The molecule has 8 nitrogen and oxygen atoms in total. The first kappa shape index (κ1) is 23.4. The number of hydrogen-bond donors (Lipinski definition) is 2. The Morgan fingerprint density at radius 2 is 2.06 bits per heavy atom. The van der Waals surface area contributed by atoms with Crippen molar-refractivity contribution in [3.8, 4) is 0 Å². The second kappa shape index (κ2) is 10.4. The van der Waals surface area contributed by atoms with Crippen molar-refractivity contribution in [2.45, 2.75) is 51.5 Å². The van der Waals surface area contributed by atoms with Crippen molar-refractivity contribution >= 4 is 23.7 Å². The van der Waals surface area contributed by atoms with Crippen molar-refractivity contribution in [1.29, 1.82) is 0 Å². The molecule has 3 amide bonds. The number of carbonyl (C=O) groups is 4. The molecule has 32 heavy (non-hydrogen) atoms. The van der Waals surface area contributed by atoms with Crippen LogP contribution in [-0.4, -0.2) is 54.3 Å². The van der Waals surface area contributed by atoms with E-state index in [0.717, 1.165) is 12.8 Å². The maximum absolute atomic E-state index is 13.8. The fourth-order valence-corrected chi connectivity index (χ4v) is 4.15. The van der Waals surface area contributed by atoms with E-state index in [9.17, 15) is 23.6 Å². The van der Waals surface area contributed by atoms with Crippen molar-refractivity contribution in [3.63, 3.8) is 0 Å². The van der Waals surface area contributed by atoms with Gasteiger partial charge < -0.3 is 20.3 Å². The molecule has 1 fully saturated rings. The van der Waals surface area contributed by atoms with Gasteiger partial charge in [-0.1, -0.05) is 12.1 Å². The molecule has 0 spiro atoms. The highest BCUT2D eigenvalue weighted by atomic mass is 19.1. The number of nitrogens with one attached hydrogen (secondary N) is 2. The minimum Gasteiger partial charge on any atom is -0.463 e. The van der Waals surface area contributed by atoms with Crippen LogP contribution in [0.15, 0.2) is 35.5 Å². The Morgan fingerprint density at radius 1 is 1.28 bits per heavy atom. The summed E-state index contributed by atoms with van der Waals surface area (Å²) in [7, 11) is 0. The van der Waals surface area contributed by atoms with E-state index in [1.807, 2.05) is 0 Å². The lowest BCUT2D eigenvalue weighted by atomic mass is 9.83. The van der Waals surface area contributed by atoms with Crippen LogP contribution >= 0.6 is 0 Å². The second-order valence-corrected chi connectivity index (χ2v) is 7.92. The number of rotatable bonds is 6. The van der Waals surface area contributed by atoms with Crippen LogP contribution < -0.4 is 10.6 Å². The normalized spacial score (nSPS) is 21.7. The molecular weight excluding hydrogens is 417 g/mol. The van der Waals surface area contributed by atoms with Crippen LogP contribution in [0.2, 0.25) is 0 Å². The lowest BCUT2D eigenvalue weighted by molar-refractivity contribution is -0.141. The average Bonchev–Trinajstić information content (AvgIpc) is 2.95. The molecule has 172 valence electrons. The Labute approximate surface area is 186 Å². The van der Waals surface area contributed by atoms with E-state index in [1.165, 1.54) is 23.1 Å². The highest BCUT2D eigenvalue weighted by Gasteiger charge is 2.38. The van der Waals surface area contributed by atoms with Crippen LogP contribution in [0.4, 0.5) is 4.39 Å². The van der Waals surface area contributed by atoms with Gasteiger partial charge in [-0.05, 0) is 50.8 Å². The SMILES string of the molecule is CCOC(=O)C1=C(C)N(CC(=O)NC2CCCCNC2=O)C(=O)CC1c1cccc(F)c1. The van der Waals surface area contributed by atoms with E-state index in [0.29, 0.717) is 18.5 Å². The first-order chi connectivity index (χ1) is 15.3. The molecule has 2 N–H and O–H groups in total. The van der Waals surface area contributed by atoms with Gasteiger partial charge in [0.2, 0.25) is 17.7 Å². The third-order valence-corrected chi connectivity index (χ3v) is 5.74. The molecule has 0 radical (unpaired) electrons. The lowest BCUT2D eigenvalue weighted by Gasteiger charge is -2.34. The molecule has 1 aromatic carbocycles. The van der Waals surface area contributed by atoms with Gasteiger partial charge in [-0.3, -0.25) is 14.4 Å². The number of nitrogens with zero attached hydrogens (tertiary/aromatic N) is 1. The van der Waals surface area contributed by atoms with Crippen LogP contribution in [0.3, 0.4) is 0 Å². The van der Waals surface area contributed by atoms with Crippen LogP contribution in [0.1, 0.15) is 51.0 Å². The maximum atomic E-state index is 13.8. The zero-order chi connectivity index (χ0) is 23.3. The lowest BCUT2D eigenvalue weighted by Crippen LogP contribution is -2.50. The number of esters is 1. The molecule has 0 bridgehead atoms. The van der Waals surface area contributed by atoms with Crippen LogP contribution in [0, 0.1) is 5.82 Å². The first-order valence-electron chi connectivity index (χ1n) is 10.8. The summed E-state index contributed by atoms with van der Waals surface area (Å²) in [5.41, 5.74) is 0.992. The minimum absolute atomic E-state index is 0.105. The molecule has 0 aromatic heterocycles. The summed E-state index contributed by atoms with van der Waals surface area (Å²) in [5, 5.41) is 5.43. The topological polar surface area (TPSA) is 105 Å². The minimum atomic E-state index is -0.677. The van der Waals surface area contributed by atoms with E-state index < -0.39 is 29.7 Å². The molecule has 1 saturated heterocycles. The fourth-order valence-electron chi connectivity index (χ4n) is 4.15. The monoisotopic (exact) mass is 445 g/mol. The quantitative estimate of drug-likeness (QED) is 0.650. The fraction of sp³-hybridized carbons (Fsp3) is 0.478. The number of hydrogen-bond acceptors (Lipinski definition) is 5. The Bertz CT molecular complexity index is 945. The summed E-state index contributed by atoms with van der Waals surface area (Å²) in [6.07, 6.45) is 2.06. The standard InChI is InChI=1S/C23H28FN3O5/c1-3-32-23(31)21-14(2)27(13-19(28)26-18-9-4-5-10-25-22(18)30)20(29)12-17(21)15-7-6-8-16(24)11-15/h6-8,11,17-18H,3-5,9-10,12-13H2,1-2H3,(H,25,30)(H,26,28). The van der Waals surface area contributed by atoms with E-state index in [4.69, 9.17) is 4.74 Å². The van der Waals surface area contributed by atoms with Gasteiger partial charge in [-0.25, -0.2) is 9.18 Å². The molecule has 0 saturated carbocycles. The van der Waals surface area contributed by atoms with Crippen LogP contribution in [-0.2, 0) is 23.9 Å².